The summed E-state index contributed by atoms with van der Waals surface area (Å²) in [6.45, 7) is 7.33. The summed E-state index contributed by atoms with van der Waals surface area (Å²) in [5.74, 6) is 1.73. The Morgan fingerprint density at radius 3 is 2.48 bits per heavy atom. The molecule has 0 fully saturated rings. The lowest BCUT2D eigenvalue weighted by Crippen LogP contribution is -2.18. The monoisotopic (exact) mass is 305 g/mol. The summed E-state index contributed by atoms with van der Waals surface area (Å²) in [6, 6.07) is 8.34. The second kappa shape index (κ2) is 6.96. The van der Waals surface area contributed by atoms with Crippen LogP contribution in [0.5, 0.6) is 11.5 Å². The smallest absolute Gasteiger partial charge is 0.123 e. The molecule has 2 aromatic rings. The predicted octanol–water partition coefficient (Wildman–Crippen LogP) is 4.23. The van der Waals surface area contributed by atoms with Gasteiger partial charge in [0, 0.05) is 27.9 Å². The third-order valence-electron chi connectivity index (χ3n) is 3.70. The van der Waals surface area contributed by atoms with Crippen LogP contribution in [0.2, 0.25) is 0 Å². The minimum absolute atomic E-state index is 0.192. The highest BCUT2D eigenvalue weighted by Gasteiger charge is 2.13. The van der Waals surface area contributed by atoms with Crippen LogP contribution in [0, 0.1) is 13.8 Å². The van der Waals surface area contributed by atoms with Gasteiger partial charge in [-0.25, -0.2) is 0 Å². The zero-order valence-electron chi connectivity index (χ0n) is 13.3. The minimum atomic E-state index is 0.192. The molecule has 0 spiro atoms. The van der Waals surface area contributed by atoms with Crippen molar-refractivity contribution >= 4 is 11.3 Å². The summed E-state index contributed by atoms with van der Waals surface area (Å²) in [7, 11) is 3.38. The molecule has 1 N–H and O–H groups in total. The van der Waals surface area contributed by atoms with Gasteiger partial charge < -0.3 is 14.8 Å². The topological polar surface area (TPSA) is 30.5 Å². The molecule has 0 aliphatic carbocycles. The van der Waals surface area contributed by atoms with Crippen LogP contribution in [0.25, 0.3) is 0 Å². The molecule has 0 saturated carbocycles. The molecule has 1 heterocycles. The molecule has 3 nitrogen and oxygen atoms in total. The highest BCUT2D eigenvalue weighted by atomic mass is 32.1. The van der Waals surface area contributed by atoms with Gasteiger partial charge in [0.1, 0.15) is 11.5 Å². The van der Waals surface area contributed by atoms with Crippen molar-refractivity contribution in [3.63, 3.8) is 0 Å². The van der Waals surface area contributed by atoms with Gasteiger partial charge in [-0.1, -0.05) is 0 Å². The van der Waals surface area contributed by atoms with Crippen molar-refractivity contribution in [3.05, 3.63) is 45.1 Å². The Bertz CT molecular complexity index is 587. The van der Waals surface area contributed by atoms with Gasteiger partial charge in [-0.05, 0) is 50.6 Å². The molecule has 21 heavy (non-hydrogen) atoms. The number of benzene rings is 1. The van der Waals surface area contributed by atoms with Gasteiger partial charge in [0.2, 0.25) is 0 Å². The van der Waals surface area contributed by atoms with Crippen molar-refractivity contribution in [3.8, 4) is 11.5 Å². The summed E-state index contributed by atoms with van der Waals surface area (Å²) in [5, 5.41) is 3.56. The van der Waals surface area contributed by atoms with Gasteiger partial charge >= 0.3 is 0 Å². The standard InChI is InChI=1S/C17H23NO2S/c1-11-8-15(21-13(11)3)10-18-12(2)16-9-14(19-4)6-7-17(16)20-5/h6-9,12,18H,10H2,1-5H3. The van der Waals surface area contributed by atoms with Crippen LogP contribution in [0.4, 0.5) is 0 Å². The number of methoxy groups -OCH3 is 2. The van der Waals surface area contributed by atoms with E-state index < -0.39 is 0 Å². The van der Waals surface area contributed by atoms with Crippen LogP contribution < -0.4 is 14.8 Å². The van der Waals surface area contributed by atoms with E-state index in [0.29, 0.717) is 0 Å². The Balaban J connectivity index is 2.10. The molecule has 0 amide bonds. The average Bonchev–Trinajstić information content (AvgIpc) is 2.82. The van der Waals surface area contributed by atoms with Gasteiger partial charge in [0.15, 0.2) is 0 Å². The Kier molecular flexibility index (Phi) is 5.26. The van der Waals surface area contributed by atoms with E-state index >= 15 is 0 Å². The molecule has 1 atom stereocenters. The fourth-order valence-corrected chi connectivity index (χ4v) is 3.28. The highest BCUT2D eigenvalue weighted by Crippen LogP contribution is 2.30. The second-order valence-electron chi connectivity index (χ2n) is 5.16. The summed E-state index contributed by atoms with van der Waals surface area (Å²) < 4.78 is 10.8. The van der Waals surface area contributed by atoms with Gasteiger partial charge in [0.05, 0.1) is 14.2 Å². The Morgan fingerprint density at radius 1 is 1.14 bits per heavy atom. The highest BCUT2D eigenvalue weighted by molar-refractivity contribution is 7.12. The molecule has 1 aromatic heterocycles. The first-order chi connectivity index (χ1) is 10.0. The number of nitrogens with one attached hydrogen (secondary N) is 1. The molecule has 0 bridgehead atoms. The van der Waals surface area contributed by atoms with Crippen molar-refractivity contribution < 1.29 is 9.47 Å². The third-order valence-corrected chi connectivity index (χ3v) is 4.86. The number of ether oxygens (including phenoxy) is 2. The zero-order valence-corrected chi connectivity index (χ0v) is 14.1. The van der Waals surface area contributed by atoms with Crippen molar-refractivity contribution in [1.82, 2.24) is 5.32 Å². The van der Waals surface area contributed by atoms with Crippen molar-refractivity contribution in [2.24, 2.45) is 0 Å². The van der Waals surface area contributed by atoms with Gasteiger partial charge in [0.25, 0.3) is 0 Å². The number of hydrogen-bond donors (Lipinski definition) is 1. The van der Waals surface area contributed by atoms with E-state index in [-0.39, 0.29) is 6.04 Å². The average molecular weight is 305 g/mol. The maximum absolute atomic E-state index is 5.45. The van der Waals surface area contributed by atoms with Crippen LogP contribution in [0.15, 0.2) is 24.3 Å². The maximum atomic E-state index is 5.45. The quantitative estimate of drug-likeness (QED) is 0.866. The lowest BCUT2D eigenvalue weighted by molar-refractivity contribution is 0.391. The first-order valence-electron chi connectivity index (χ1n) is 7.06. The Labute approximate surface area is 130 Å². The van der Waals surface area contributed by atoms with Gasteiger partial charge in [-0.2, -0.15) is 0 Å². The number of rotatable bonds is 6. The molecule has 0 saturated heterocycles. The fraction of sp³-hybridized carbons (Fsp3) is 0.412. The zero-order chi connectivity index (χ0) is 15.4. The molecule has 0 radical (unpaired) electrons. The first kappa shape index (κ1) is 15.9. The molecule has 0 aliphatic rings. The van der Waals surface area contributed by atoms with Crippen molar-refractivity contribution in [2.45, 2.75) is 33.4 Å². The van der Waals surface area contributed by atoms with Crippen LogP contribution in [-0.2, 0) is 6.54 Å². The van der Waals surface area contributed by atoms with Gasteiger partial charge in [-0.15, -0.1) is 11.3 Å². The molecule has 1 unspecified atom stereocenters. The van der Waals surface area contributed by atoms with Crippen LogP contribution in [0.3, 0.4) is 0 Å². The fourth-order valence-electron chi connectivity index (χ4n) is 2.28. The first-order valence-corrected chi connectivity index (χ1v) is 7.88. The molecule has 2 rings (SSSR count). The van der Waals surface area contributed by atoms with Crippen molar-refractivity contribution in [1.29, 1.82) is 0 Å². The SMILES string of the molecule is COc1ccc(OC)c(C(C)NCc2cc(C)c(C)s2)c1. The summed E-state index contributed by atoms with van der Waals surface area (Å²) >= 11 is 1.85. The third kappa shape index (κ3) is 3.77. The predicted molar refractivity (Wildman–Crippen MR) is 88.6 cm³/mol. The molecular formula is C17H23NO2S. The van der Waals surface area contributed by atoms with Crippen molar-refractivity contribution in [2.75, 3.05) is 14.2 Å². The summed E-state index contributed by atoms with van der Waals surface area (Å²) in [4.78, 5) is 2.75. The van der Waals surface area contributed by atoms with E-state index in [4.69, 9.17) is 9.47 Å². The summed E-state index contributed by atoms with van der Waals surface area (Å²) in [5.41, 5.74) is 2.48. The molecule has 0 aliphatic heterocycles. The van der Waals surface area contributed by atoms with E-state index in [9.17, 15) is 0 Å². The normalized spacial score (nSPS) is 12.2. The van der Waals surface area contributed by atoms with E-state index in [1.165, 1.54) is 15.3 Å². The van der Waals surface area contributed by atoms with Crippen LogP contribution >= 0.6 is 11.3 Å². The van der Waals surface area contributed by atoms with Crippen LogP contribution in [-0.4, -0.2) is 14.2 Å². The largest absolute Gasteiger partial charge is 0.497 e. The lowest BCUT2D eigenvalue weighted by atomic mass is 10.1. The minimum Gasteiger partial charge on any atom is -0.497 e. The molecule has 4 heteroatoms. The maximum Gasteiger partial charge on any atom is 0.123 e. The molecule has 114 valence electrons. The Morgan fingerprint density at radius 2 is 1.90 bits per heavy atom. The molecule has 1 aromatic carbocycles. The van der Waals surface area contributed by atoms with E-state index in [0.717, 1.165) is 23.6 Å². The van der Waals surface area contributed by atoms with Gasteiger partial charge in [-0.3, -0.25) is 0 Å². The number of hydrogen-bond acceptors (Lipinski definition) is 4. The van der Waals surface area contributed by atoms with Crippen LogP contribution in [0.1, 0.15) is 33.8 Å². The van der Waals surface area contributed by atoms with E-state index in [2.05, 4.69) is 32.2 Å². The number of aryl methyl sites for hydroxylation is 2. The summed E-state index contributed by atoms with van der Waals surface area (Å²) in [6.07, 6.45) is 0. The molecular weight excluding hydrogens is 282 g/mol. The second-order valence-corrected chi connectivity index (χ2v) is 6.50. The lowest BCUT2D eigenvalue weighted by Gasteiger charge is -2.18. The Hall–Kier alpha value is -1.52. The number of thiophene rings is 1. The van der Waals surface area contributed by atoms with E-state index in [1.54, 1.807) is 14.2 Å². The van der Waals surface area contributed by atoms with E-state index in [1.807, 2.05) is 29.5 Å².